The van der Waals surface area contributed by atoms with Crippen LogP contribution in [0, 0.1) is 29.7 Å². The summed E-state index contributed by atoms with van der Waals surface area (Å²) in [6, 6.07) is 17.0. The van der Waals surface area contributed by atoms with Crippen molar-refractivity contribution < 1.29 is 44.8 Å². The second kappa shape index (κ2) is 15.5. The third-order valence-electron chi connectivity index (χ3n) is 11.5. The molecular weight excluding hydrogens is 599 g/mol. The van der Waals surface area contributed by atoms with Crippen LogP contribution in [0.2, 0.25) is 0 Å². The third kappa shape index (κ3) is 7.68. The fourth-order valence-electron chi connectivity index (χ4n) is 9.47. The molecule has 0 aromatic heterocycles. The summed E-state index contributed by atoms with van der Waals surface area (Å²) in [5, 5.41) is 5.81. The van der Waals surface area contributed by atoms with E-state index in [9.17, 15) is 0 Å². The molecule has 0 heterocycles. The van der Waals surface area contributed by atoms with Crippen molar-refractivity contribution in [1.82, 2.24) is 0 Å². The Morgan fingerprint density at radius 1 is 0.605 bits per heavy atom. The van der Waals surface area contributed by atoms with Gasteiger partial charge in [-0.15, -0.1) is 46.2 Å². The maximum atomic E-state index is 2.99. The number of hydrogen-bond acceptors (Lipinski definition) is 0. The summed E-state index contributed by atoms with van der Waals surface area (Å²) in [6.45, 7) is 0. The average molecular weight is 648 g/mol. The molecule has 43 heavy (non-hydrogen) atoms. The third-order valence-corrected chi connectivity index (χ3v) is 12.8. The van der Waals surface area contributed by atoms with Gasteiger partial charge in [0.15, 0.2) is 0 Å². The monoisotopic (exact) mass is 646 g/mol. The van der Waals surface area contributed by atoms with Gasteiger partial charge >= 0.3 is 79.6 Å². The Balaban J connectivity index is 0.000000168. The number of halogens is 2. The zero-order chi connectivity index (χ0) is 27.6. The van der Waals surface area contributed by atoms with Crippen molar-refractivity contribution >= 4 is 25.4 Å². The van der Waals surface area contributed by atoms with E-state index in [1.54, 1.807) is 43.2 Å². The summed E-state index contributed by atoms with van der Waals surface area (Å²) in [7, 11) is 0. The molecular formula is C40H48Cl2Ti-2. The van der Waals surface area contributed by atoms with Gasteiger partial charge in [-0.2, -0.15) is 6.08 Å². The summed E-state index contributed by atoms with van der Waals surface area (Å²) in [5.74, 6) is 6.00. The van der Waals surface area contributed by atoms with Gasteiger partial charge in [-0.1, -0.05) is 73.9 Å². The first-order valence-corrected chi connectivity index (χ1v) is 17.9. The van der Waals surface area contributed by atoms with Crippen molar-refractivity contribution in [3.63, 3.8) is 0 Å². The van der Waals surface area contributed by atoms with Crippen LogP contribution < -0.4 is 24.8 Å². The van der Waals surface area contributed by atoms with Crippen molar-refractivity contribution in [2.75, 3.05) is 0 Å². The molecule has 0 saturated heterocycles. The van der Waals surface area contributed by atoms with Gasteiger partial charge in [0.1, 0.15) is 0 Å². The SMILES string of the molecule is [C-]1=CC=CC1.[Cl-].[Cl-].[Ti+2]=[C]1C2CC3CC(C2)CC1C3.c1cc2c(cc1C1CCCCC1)[cH-]c1cc(C3CCCCC3)ccc12. The van der Waals surface area contributed by atoms with E-state index in [-0.39, 0.29) is 24.8 Å². The minimum Gasteiger partial charge on any atom is -0.126 e. The summed E-state index contributed by atoms with van der Waals surface area (Å²) in [4.78, 5) is 0. The van der Waals surface area contributed by atoms with E-state index in [0.29, 0.717) is 0 Å². The van der Waals surface area contributed by atoms with Crippen LogP contribution in [0.5, 0.6) is 0 Å². The molecule has 3 heteroatoms. The second-order valence-corrected chi connectivity index (χ2v) is 15.2. The molecule has 0 spiro atoms. The van der Waals surface area contributed by atoms with Crippen molar-refractivity contribution in [3.8, 4) is 0 Å². The minimum atomic E-state index is 0. The van der Waals surface area contributed by atoms with E-state index in [4.69, 9.17) is 0 Å². The van der Waals surface area contributed by atoms with Crippen LogP contribution >= 0.6 is 0 Å². The minimum absolute atomic E-state index is 0. The largest absolute Gasteiger partial charge is 0.126 e. The predicted octanol–water partition coefficient (Wildman–Crippen LogP) is 5.28. The van der Waals surface area contributed by atoms with Crippen LogP contribution in [0.4, 0.5) is 0 Å². The summed E-state index contributed by atoms with van der Waals surface area (Å²) < 4.78 is 1.87. The molecule has 0 atom stereocenters. The Hall–Kier alpha value is -1.05. The number of rotatable bonds is 2. The van der Waals surface area contributed by atoms with Gasteiger partial charge in [0.25, 0.3) is 0 Å². The molecule has 0 radical (unpaired) electrons. The van der Waals surface area contributed by atoms with E-state index in [0.717, 1.165) is 41.9 Å². The quantitative estimate of drug-likeness (QED) is 0.263. The van der Waals surface area contributed by atoms with Gasteiger partial charge in [0.05, 0.1) is 0 Å². The number of fused-ring (bicyclic) bond motifs is 3. The summed E-state index contributed by atoms with van der Waals surface area (Å²) >= 11 is 2.42. The Bertz CT molecular complexity index is 1300. The van der Waals surface area contributed by atoms with Crippen LogP contribution in [0.3, 0.4) is 0 Å². The molecule has 7 aliphatic carbocycles. The van der Waals surface area contributed by atoms with Gasteiger partial charge < -0.3 is 24.8 Å². The molecule has 6 saturated carbocycles. The van der Waals surface area contributed by atoms with Crippen LogP contribution in [0.25, 0.3) is 21.5 Å². The smallest absolute Gasteiger partial charge is 0.0232 e. The molecule has 0 nitrogen and oxygen atoms in total. The van der Waals surface area contributed by atoms with E-state index >= 15 is 0 Å². The Labute approximate surface area is 284 Å². The second-order valence-electron chi connectivity index (χ2n) is 14.3. The molecule has 3 aromatic rings. The van der Waals surface area contributed by atoms with Crippen molar-refractivity contribution in [1.29, 1.82) is 0 Å². The van der Waals surface area contributed by atoms with E-state index in [1.807, 2.05) is 16.0 Å². The zero-order valence-corrected chi connectivity index (χ0v) is 28.9. The van der Waals surface area contributed by atoms with Gasteiger partial charge in [-0.25, -0.2) is 12.2 Å². The van der Waals surface area contributed by atoms with Crippen molar-refractivity contribution in [2.24, 2.45) is 23.7 Å². The molecule has 10 rings (SSSR count). The molecule has 0 N–H and O–H groups in total. The molecule has 228 valence electrons. The first-order chi connectivity index (χ1) is 20.2. The Morgan fingerprint density at radius 2 is 1.09 bits per heavy atom. The number of hydrogen-bond donors (Lipinski definition) is 0. The Kier molecular flexibility index (Phi) is 12.0. The van der Waals surface area contributed by atoms with Crippen molar-refractivity contribution in [3.05, 3.63) is 77.9 Å². The van der Waals surface area contributed by atoms with Crippen LogP contribution in [0.15, 0.2) is 60.7 Å². The molecule has 4 bridgehead atoms. The fraction of sp³-hybridized carbons (Fsp3) is 0.550. The van der Waals surface area contributed by atoms with Gasteiger partial charge in [0.2, 0.25) is 0 Å². The summed E-state index contributed by atoms with van der Waals surface area (Å²) in [6.07, 6.45) is 31.9. The predicted molar refractivity (Wildman–Crippen MR) is 172 cm³/mol. The first-order valence-electron chi connectivity index (χ1n) is 17.1. The molecule has 3 aromatic carbocycles. The van der Waals surface area contributed by atoms with E-state index in [2.05, 4.69) is 74.6 Å². The maximum Gasteiger partial charge on any atom is -0.0232 e. The maximum absolute atomic E-state index is 2.99. The summed E-state index contributed by atoms with van der Waals surface area (Å²) in [5.41, 5.74) is 3.16. The van der Waals surface area contributed by atoms with E-state index in [1.165, 1.54) is 85.8 Å². The van der Waals surface area contributed by atoms with Crippen molar-refractivity contribution in [2.45, 2.75) is 115 Å². The van der Waals surface area contributed by atoms with Crippen LogP contribution in [-0.2, 0) is 20.0 Å². The van der Waals surface area contributed by atoms with E-state index < -0.39 is 0 Å². The molecule has 0 unspecified atom stereocenters. The fourth-order valence-corrected chi connectivity index (χ4v) is 10.2. The topological polar surface area (TPSA) is 0 Å². The van der Waals surface area contributed by atoms with Crippen LogP contribution in [-0.4, -0.2) is 3.81 Å². The van der Waals surface area contributed by atoms with Gasteiger partial charge in [-0.05, 0) is 37.5 Å². The Morgan fingerprint density at radius 3 is 1.49 bits per heavy atom. The molecule has 0 amide bonds. The van der Waals surface area contributed by atoms with Gasteiger partial charge in [-0.3, -0.25) is 6.08 Å². The molecule has 6 fully saturated rings. The zero-order valence-electron chi connectivity index (χ0n) is 25.8. The average Bonchev–Trinajstić information content (AvgIpc) is 3.72. The standard InChI is InChI=1S/C25H29.C10H14.C5H5.2ClH.Ti/c1-3-7-18(8-4-1)20-11-13-24-22(15-20)17-23-16-21(12-14-25(23)24)19-9-5-2-6-10-19;1-7-2-9-4-8(1)5-10(3-7)6-9;1-2-4-5-3-1;;;/h11-19H,1-10H2;7-10H,1-5H2;1-3H,4H2;2*1H;/q-1;;-1;;;+2/p-2. The van der Waals surface area contributed by atoms with Crippen LogP contribution in [0.1, 0.15) is 126 Å². The number of allylic oxidation sites excluding steroid dienone is 4. The number of benzene rings is 2. The normalized spacial score (nSPS) is 27.7. The van der Waals surface area contributed by atoms with Gasteiger partial charge in [0, 0.05) is 0 Å². The molecule has 7 aliphatic rings. The first kappa shape index (κ1) is 33.3. The molecule has 0 aliphatic heterocycles.